The van der Waals surface area contributed by atoms with Crippen LogP contribution >= 0.6 is 46.4 Å². The number of aliphatic hydroxyl groups is 2. The molecular formula is C6H10Cl4O2. The summed E-state index contributed by atoms with van der Waals surface area (Å²) in [6.45, 7) is 0. The van der Waals surface area contributed by atoms with Gasteiger partial charge < -0.3 is 10.2 Å². The minimum absolute atomic E-state index is 0.0214. The maximum Gasteiger partial charge on any atom is 0.0854 e. The summed E-state index contributed by atoms with van der Waals surface area (Å²) in [7, 11) is 0. The van der Waals surface area contributed by atoms with Crippen LogP contribution in [-0.4, -0.2) is 44.9 Å². The zero-order valence-corrected chi connectivity index (χ0v) is 9.15. The van der Waals surface area contributed by atoms with Gasteiger partial charge in [-0.3, -0.25) is 0 Å². The zero-order valence-electron chi connectivity index (χ0n) is 6.13. The molecule has 0 bridgehead atoms. The average molecular weight is 256 g/mol. The molecule has 4 unspecified atom stereocenters. The normalized spacial score (nSPS) is 21.5. The molecule has 12 heavy (non-hydrogen) atoms. The lowest BCUT2D eigenvalue weighted by Gasteiger charge is -2.22. The second kappa shape index (κ2) is 6.52. The van der Waals surface area contributed by atoms with Gasteiger partial charge in [-0.25, -0.2) is 0 Å². The monoisotopic (exact) mass is 254 g/mol. The molecule has 0 fully saturated rings. The first kappa shape index (κ1) is 13.1. The number of rotatable bonds is 5. The molecule has 0 aromatic carbocycles. The molecule has 0 radical (unpaired) electrons. The highest BCUT2D eigenvalue weighted by Gasteiger charge is 2.29. The van der Waals surface area contributed by atoms with E-state index >= 15 is 0 Å². The molecule has 0 saturated heterocycles. The van der Waals surface area contributed by atoms with Gasteiger partial charge in [0.05, 0.1) is 23.0 Å². The smallest absolute Gasteiger partial charge is 0.0854 e. The molecule has 0 saturated carbocycles. The molecule has 6 heteroatoms. The molecule has 4 atom stereocenters. The minimum atomic E-state index is -0.936. The quantitative estimate of drug-likeness (QED) is 0.730. The molecule has 0 aromatic heterocycles. The maximum atomic E-state index is 9.14. The largest absolute Gasteiger partial charge is 0.390 e. The van der Waals surface area contributed by atoms with Crippen LogP contribution in [-0.2, 0) is 0 Å². The molecule has 0 amide bonds. The van der Waals surface area contributed by atoms with Crippen molar-refractivity contribution in [3.63, 3.8) is 0 Å². The molecule has 0 spiro atoms. The zero-order chi connectivity index (χ0) is 9.72. The third-order valence-corrected chi connectivity index (χ3v) is 3.24. The van der Waals surface area contributed by atoms with Gasteiger partial charge in [-0.1, -0.05) is 0 Å². The molecule has 0 aliphatic heterocycles. The van der Waals surface area contributed by atoms with E-state index in [1.165, 1.54) is 0 Å². The highest BCUT2D eigenvalue weighted by Crippen LogP contribution is 2.19. The Balaban J connectivity index is 3.99. The fraction of sp³-hybridized carbons (Fsp3) is 1.00. The Morgan fingerprint density at radius 3 is 1.25 bits per heavy atom. The van der Waals surface area contributed by atoms with Crippen LogP contribution in [0.1, 0.15) is 0 Å². The molecular weight excluding hydrogens is 246 g/mol. The van der Waals surface area contributed by atoms with Crippen LogP contribution < -0.4 is 0 Å². The van der Waals surface area contributed by atoms with E-state index in [4.69, 9.17) is 56.6 Å². The summed E-state index contributed by atoms with van der Waals surface area (Å²) in [5.74, 6) is -0.0429. The Kier molecular flexibility index (Phi) is 7.11. The molecule has 0 aromatic rings. The van der Waals surface area contributed by atoms with Crippen molar-refractivity contribution in [3.8, 4) is 0 Å². The van der Waals surface area contributed by atoms with Crippen molar-refractivity contribution in [2.45, 2.75) is 23.0 Å². The van der Waals surface area contributed by atoms with Gasteiger partial charge in [0.2, 0.25) is 0 Å². The van der Waals surface area contributed by atoms with Gasteiger partial charge in [-0.2, -0.15) is 0 Å². The van der Waals surface area contributed by atoms with Crippen LogP contribution in [0.15, 0.2) is 0 Å². The van der Waals surface area contributed by atoms with E-state index in [-0.39, 0.29) is 11.8 Å². The van der Waals surface area contributed by atoms with Crippen LogP contribution in [0.3, 0.4) is 0 Å². The predicted octanol–water partition coefficient (Wildman–Crippen LogP) is 1.40. The lowest BCUT2D eigenvalue weighted by atomic mass is 10.1. The van der Waals surface area contributed by atoms with Crippen molar-refractivity contribution >= 4 is 46.4 Å². The van der Waals surface area contributed by atoms with Crippen molar-refractivity contribution in [2.24, 2.45) is 0 Å². The second-order valence-electron chi connectivity index (χ2n) is 2.33. The number of halogens is 4. The average Bonchev–Trinajstić information content (AvgIpc) is 2.12. The standard InChI is InChI=1S/C6H10Cl4O2/c7-1-3(11)5(9)6(10)4(12)2-8/h3-6,11-12H,1-2H2. The maximum absolute atomic E-state index is 9.14. The summed E-state index contributed by atoms with van der Waals surface area (Å²) in [6, 6.07) is 0. The Morgan fingerprint density at radius 2 is 1.08 bits per heavy atom. The van der Waals surface area contributed by atoms with Gasteiger partial charge in [0.25, 0.3) is 0 Å². The molecule has 0 heterocycles. The summed E-state index contributed by atoms with van der Waals surface area (Å²) in [6.07, 6.45) is -1.87. The SMILES string of the molecule is OC(CCl)C(Cl)C(Cl)C(O)CCl. The molecule has 2 nitrogen and oxygen atoms in total. The summed E-state index contributed by atoms with van der Waals surface area (Å²) in [4.78, 5) is 0. The van der Waals surface area contributed by atoms with E-state index in [0.717, 1.165) is 0 Å². The van der Waals surface area contributed by atoms with Crippen LogP contribution in [0.25, 0.3) is 0 Å². The molecule has 2 N–H and O–H groups in total. The molecule has 0 rings (SSSR count). The Hall–Kier alpha value is 1.08. The third-order valence-electron chi connectivity index (χ3n) is 1.36. The number of hydrogen-bond donors (Lipinski definition) is 2. The number of aliphatic hydroxyl groups excluding tert-OH is 2. The molecule has 74 valence electrons. The van der Waals surface area contributed by atoms with Crippen LogP contribution in [0.4, 0.5) is 0 Å². The van der Waals surface area contributed by atoms with E-state index in [0.29, 0.717) is 0 Å². The number of alkyl halides is 4. The van der Waals surface area contributed by atoms with Gasteiger partial charge in [-0.15, -0.1) is 46.4 Å². The van der Waals surface area contributed by atoms with E-state index in [2.05, 4.69) is 0 Å². The second-order valence-corrected chi connectivity index (χ2v) is 3.96. The van der Waals surface area contributed by atoms with Crippen molar-refractivity contribution < 1.29 is 10.2 Å². The first-order valence-corrected chi connectivity index (χ1v) is 5.25. The van der Waals surface area contributed by atoms with Crippen molar-refractivity contribution in [1.82, 2.24) is 0 Å². The van der Waals surface area contributed by atoms with Gasteiger partial charge >= 0.3 is 0 Å². The fourth-order valence-corrected chi connectivity index (χ4v) is 1.68. The van der Waals surface area contributed by atoms with Crippen molar-refractivity contribution in [3.05, 3.63) is 0 Å². The summed E-state index contributed by atoms with van der Waals surface area (Å²) in [5.41, 5.74) is 0. The Morgan fingerprint density at radius 1 is 0.833 bits per heavy atom. The molecule has 0 aliphatic carbocycles. The van der Waals surface area contributed by atoms with Gasteiger partial charge in [0.15, 0.2) is 0 Å². The van der Waals surface area contributed by atoms with Gasteiger partial charge in [0.1, 0.15) is 0 Å². The van der Waals surface area contributed by atoms with Crippen LogP contribution in [0.2, 0.25) is 0 Å². The van der Waals surface area contributed by atoms with Crippen molar-refractivity contribution in [1.29, 1.82) is 0 Å². The highest BCUT2D eigenvalue weighted by atomic mass is 35.5. The van der Waals surface area contributed by atoms with Gasteiger partial charge in [-0.05, 0) is 0 Å². The first-order chi connectivity index (χ1) is 5.54. The van der Waals surface area contributed by atoms with E-state index in [1.807, 2.05) is 0 Å². The molecule has 0 aliphatic rings. The lowest BCUT2D eigenvalue weighted by molar-refractivity contribution is 0.144. The third kappa shape index (κ3) is 3.86. The lowest BCUT2D eigenvalue weighted by Crippen LogP contribution is -2.39. The van der Waals surface area contributed by atoms with Crippen LogP contribution in [0.5, 0.6) is 0 Å². The predicted molar refractivity (Wildman–Crippen MR) is 52.7 cm³/mol. The number of hydrogen-bond acceptors (Lipinski definition) is 2. The first-order valence-electron chi connectivity index (χ1n) is 3.30. The minimum Gasteiger partial charge on any atom is -0.390 e. The fourth-order valence-electron chi connectivity index (χ4n) is 0.595. The summed E-state index contributed by atoms with van der Waals surface area (Å²) in [5, 5.41) is 16.7. The van der Waals surface area contributed by atoms with Crippen molar-refractivity contribution in [2.75, 3.05) is 11.8 Å². The van der Waals surface area contributed by atoms with E-state index < -0.39 is 23.0 Å². The Bertz CT molecular complexity index is 110. The van der Waals surface area contributed by atoms with Crippen LogP contribution in [0, 0.1) is 0 Å². The van der Waals surface area contributed by atoms with E-state index in [9.17, 15) is 0 Å². The highest BCUT2D eigenvalue weighted by molar-refractivity contribution is 6.31. The Labute approximate surface area is 91.4 Å². The summed E-state index contributed by atoms with van der Waals surface area (Å²) < 4.78 is 0. The van der Waals surface area contributed by atoms with E-state index in [1.54, 1.807) is 0 Å². The topological polar surface area (TPSA) is 40.5 Å². The van der Waals surface area contributed by atoms with Gasteiger partial charge in [0, 0.05) is 11.8 Å². The summed E-state index contributed by atoms with van der Waals surface area (Å²) >= 11 is 22.0.